The summed E-state index contributed by atoms with van der Waals surface area (Å²) in [7, 11) is 1.91. The molecule has 8 heteroatoms. The first-order valence-electron chi connectivity index (χ1n) is 8.96. The fraction of sp³-hybridized carbons (Fsp3) is 0.667. The minimum atomic E-state index is -4.12. The summed E-state index contributed by atoms with van der Waals surface area (Å²) in [6.07, 6.45) is -1.01. The summed E-state index contributed by atoms with van der Waals surface area (Å²) in [4.78, 5) is 12.9. The second-order valence-corrected chi connectivity index (χ2v) is 6.86. The Hall–Kier alpha value is -1.83. The molecule has 2 N–H and O–H groups in total. The van der Waals surface area contributed by atoms with E-state index in [1.807, 2.05) is 36.9 Å². The molecule has 1 aliphatic rings. The van der Waals surface area contributed by atoms with Crippen molar-refractivity contribution in [3.05, 3.63) is 23.2 Å². The Morgan fingerprint density at radius 2 is 1.92 bits per heavy atom. The van der Waals surface area contributed by atoms with Gasteiger partial charge in [-0.2, -0.15) is 13.2 Å². The van der Waals surface area contributed by atoms with Gasteiger partial charge in [-0.3, -0.25) is 0 Å². The topological polar surface area (TPSA) is 58.3 Å². The van der Waals surface area contributed by atoms with Crippen molar-refractivity contribution in [2.45, 2.75) is 52.8 Å². The SMILES string of the molecule is CC/C(C)=C/N(C)c1nc(CN)nc(N2CCC(C(F)(F)F)CC2)c1C. The van der Waals surface area contributed by atoms with E-state index < -0.39 is 12.1 Å². The van der Waals surface area contributed by atoms with Crippen LogP contribution in [0.2, 0.25) is 0 Å². The van der Waals surface area contributed by atoms with Crippen LogP contribution >= 0.6 is 0 Å². The highest BCUT2D eigenvalue weighted by Crippen LogP contribution is 2.36. The maximum Gasteiger partial charge on any atom is 0.391 e. The zero-order valence-corrected chi connectivity index (χ0v) is 15.9. The summed E-state index contributed by atoms with van der Waals surface area (Å²) < 4.78 is 38.8. The quantitative estimate of drug-likeness (QED) is 0.854. The lowest BCUT2D eigenvalue weighted by Crippen LogP contribution is -2.40. The van der Waals surface area contributed by atoms with E-state index in [2.05, 4.69) is 16.9 Å². The first kappa shape index (κ1) is 20.5. The molecule has 0 aromatic carbocycles. The molecule has 0 unspecified atom stereocenters. The molecular formula is C18H28F3N5. The molecule has 0 aliphatic carbocycles. The molecule has 2 heterocycles. The van der Waals surface area contributed by atoms with Crippen molar-refractivity contribution < 1.29 is 13.2 Å². The summed E-state index contributed by atoms with van der Waals surface area (Å²) in [6.45, 7) is 6.88. The van der Waals surface area contributed by atoms with Crippen LogP contribution in [0.3, 0.4) is 0 Å². The summed E-state index contributed by atoms with van der Waals surface area (Å²) in [6, 6.07) is 0. The molecule has 1 saturated heterocycles. The van der Waals surface area contributed by atoms with Crippen LogP contribution in [0, 0.1) is 12.8 Å². The van der Waals surface area contributed by atoms with E-state index in [4.69, 9.17) is 5.73 Å². The van der Waals surface area contributed by atoms with Crippen LogP contribution in [0.4, 0.5) is 24.8 Å². The predicted octanol–water partition coefficient (Wildman–Crippen LogP) is 3.77. The lowest BCUT2D eigenvalue weighted by atomic mass is 9.96. The van der Waals surface area contributed by atoms with Crippen molar-refractivity contribution in [1.29, 1.82) is 0 Å². The van der Waals surface area contributed by atoms with Gasteiger partial charge in [0.1, 0.15) is 17.5 Å². The third-order valence-corrected chi connectivity index (χ3v) is 4.89. The van der Waals surface area contributed by atoms with E-state index in [0.29, 0.717) is 24.7 Å². The first-order valence-corrected chi connectivity index (χ1v) is 8.96. The van der Waals surface area contributed by atoms with E-state index in [-0.39, 0.29) is 19.4 Å². The standard InChI is InChI=1S/C18H28F3N5/c1-5-12(2)11-25(4)16-13(3)17(24-15(10-22)23-16)26-8-6-14(7-9-26)18(19,20)21/h11,14H,5-10,22H2,1-4H3/b12-11+. The van der Waals surface area contributed by atoms with Gasteiger partial charge in [0.15, 0.2) is 0 Å². The number of nitrogens with two attached hydrogens (primary N) is 1. The molecule has 26 heavy (non-hydrogen) atoms. The van der Waals surface area contributed by atoms with E-state index in [1.165, 1.54) is 5.57 Å². The maximum atomic E-state index is 12.9. The van der Waals surface area contributed by atoms with E-state index >= 15 is 0 Å². The highest BCUT2D eigenvalue weighted by Gasteiger charge is 2.41. The zero-order valence-electron chi connectivity index (χ0n) is 15.9. The predicted molar refractivity (Wildman–Crippen MR) is 98.1 cm³/mol. The molecule has 2 rings (SSSR count). The highest BCUT2D eigenvalue weighted by molar-refractivity contribution is 5.61. The molecule has 1 aromatic heterocycles. The summed E-state index contributed by atoms with van der Waals surface area (Å²) in [5, 5.41) is 0. The van der Waals surface area contributed by atoms with Crippen LogP contribution in [-0.2, 0) is 6.54 Å². The molecule has 146 valence electrons. The van der Waals surface area contributed by atoms with Crippen LogP contribution < -0.4 is 15.5 Å². The Morgan fingerprint density at radius 3 is 2.42 bits per heavy atom. The van der Waals surface area contributed by atoms with Gasteiger partial charge in [0.2, 0.25) is 0 Å². The molecule has 5 nitrogen and oxygen atoms in total. The van der Waals surface area contributed by atoms with E-state index in [9.17, 15) is 13.2 Å². The number of piperidine rings is 1. The number of alkyl halides is 3. The second-order valence-electron chi connectivity index (χ2n) is 6.86. The van der Waals surface area contributed by atoms with Crippen LogP contribution in [0.25, 0.3) is 0 Å². The molecule has 0 amide bonds. The third-order valence-electron chi connectivity index (χ3n) is 4.89. The molecule has 1 aliphatic heterocycles. The molecule has 1 aromatic rings. The van der Waals surface area contributed by atoms with Crippen molar-refractivity contribution >= 4 is 11.6 Å². The number of rotatable bonds is 5. The van der Waals surface area contributed by atoms with Gasteiger partial charge in [0.05, 0.1) is 12.5 Å². The van der Waals surface area contributed by atoms with E-state index in [1.54, 1.807) is 0 Å². The number of anilines is 2. The maximum absolute atomic E-state index is 12.9. The lowest BCUT2D eigenvalue weighted by Gasteiger charge is -2.35. The summed E-state index contributed by atoms with van der Waals surface area (Å²) in [5.41, 5.74) is 7.81. The number of allylic oxidation sites excluding steroid dienone is 1. The van der Waals surface area contributed by atoms with Gasteiger partial charge in [0, 0.05) is 31.9 Å². The van der Waals surface area contributed by atoms with Crippen LogP contribution in [0.5, 0.6) is 0 Å². The Kier molecular flexibility index (Phi) is 6.49. The molecule has 0 bridgehead atoms. The minimum Gasteiger partial charge on any atom is -0.356 e. The Bertz CT molecular complexity index is 649. The number of aromatic nitrogens is 2. The average Bonchev–Trinajstić information content (AvgIpc) is 2.61. The smallest absolute Gasteiger partial charge is 0.356 e. The molecular weight excluding hydrogens is 343 g/mol. The monoisotopic (exact) mass is 371 g/mol. The third kappa shape index (κ3) is 4.66. The van der Waals surface area contributed by atoms with Crippen LogP contribution in [-0.4, -0.2) is 36.3 Å². The Labute approximate surface area is 153 Å². The lowest BCUT2D eigenvalue weighted by molar-refractivity contribution is -0.179. The molecule has 0 radical (unpaired) electrons. The number of halogens is 3. The first-order chi connectivity index (χ1) is 12.2. The van der Waals surface area contributed by atoms with Crippen molar-refractivity contribution in [2.75, 3.05) is 29.9 Å². The van der Waals surface area contributed by atoms with Gasteiger partial charge in [-0.1, -0.05) is 12.5 Å². The Morgan fingerprint density at radius 1 is 1.31 bits per heavy atom. The average molecular weight is 371 g/mol. The summed E-state index contributed by atoms with van der Waals surface area (Å²) >= 11 is 0. The van der Waals surface area contributed by atoms with Gasteiger partial charge in [-0.25, -0.2) is 9.97 Å². The molecule has 0 atom stereocenters. The van der Waals surface area contributed by atoms with Crippen molar-refractivity contribution in [2.24, 2.45) is 11.7 Å². The fourth-order valence-corrected chi connectivity index (χ4v) is 3.18. The number of hydrogen-bond acceptors (Lipinski definition) is 5. The largest absolute Gasteiger partial charge is 0.391 e. The second kappa shape index (κ2) is 8.24. The fourth-order valence-electron chi connectivity index (χ4n) is 3.18. The van der Waals surface area contributed by atoms with Gasteiger partial charge in [0.25, 0.3) is 0 Å². The van der Waals surface area contributed by atoms with Gasteiger partial charge in [-0.05, 0) is 33.1 Å². The van der Waals surface area contributed by atoms with Crippen LogP contribution in [0.1, 0.15) is 44.5 Å². The minimum absolute atomic E-state index is 0.0882. The number of hydrogen-bond donors (Lipinski definition) is 1. The molecule has 0 saturated carbocycles. The van der Waals surface area contributed by atoms with Gasteiger partial charge < -0.3 is 15.5 Å². The normalized spacial score (nSPS) is 16.9. The van der Waals surface area contributed by atoms with Crippen molar-refractivity contribution in [1.82, 2.24) is 9.97 Å². The Balaban J connectivity index is 2.31. The van der Waals surface area contributed by atoms with Crippen molar-refractivity contribution in [3.8, 4) is 0 Å². The highest BCUT2D eigenvalue weighted by atomic mass is 19.4. The molecule has 0 spiro atoms. The van der Waals surface area contributed by atoms with Gasteiger partial charge >= 0.3 is 6.18 Å². The number of nitrogens with zero attached hydrogens (tertiary/aromatic N) is 4. The van der Waals surface area contributed by atoms with Gasteiger partial charge in [-0.15, -0.1) is 0 Å². The van der Waals surface area contributed by atoms with Crippen LogP contribution in [0.15, 0.2) is 11.8 Å². The molecule has 1 fully saturated rings. The van der Waals surface area contributed by atoms with E-state index in [0.717, 1.165) is 17.8 Å². The summed E-state index contributed by atoms with van der Waals surface area (Å²) in [5.74, 6) is 0.687. The van der Waals surface area contributed by atoms with Crippen molar-refractivity contribution in [3.63, 3.8) is 0 Å². The zero-order chi connectivity index (χ0) is 19.5.